The summed E-state index contributed by atoms with van der Waals surface area (Å²) in [5.74, 6) is 0.370. The summed E-state index contributed by atoms with van der Waals surface area (Å²) in [6.45, 7) is 1.89. The van der Waals surface area contributed by atoms with Gasteiger partial charge in [-0.15, -0.1) is 0 Å². The molecule has 2 aromatic rings. The van der Waals surface area contributed by atoms with Crippen LogP contribution in [0.15, 0.2) is 45.8 Å². The van der Waals surface area contributed by atoms with E-state index < -0.39 is 10.0 Å². The Labute approximate surface area is 137 Å². The number of hydrogen-bond donors (Lipinski definition) is 1. The van der Waals surface area contributed by atoms with Crippen LogP contribution in [0.4, 0.5) is 5.69 Å². The molecule has 2 rings (SSSR count). The van der Waals surface area contributed by atoms with E-state index in [1.807, 2.05) is 6.92 Å². The van der Waals surface area contributed by atoms with E-state index in [0.717, 1.165) is 5.56 Å². The van der Waals surface area contributed by atoms with Crippen LogP contribution >= 0.6 is 27.5 Å². The quantitative estimate of drug-likeness (QED) is 0.850. The number of anilines is 1. The molecule has 7 heteroatoms. The fourth-order valence-corrected chi connectivity index (χ4v) is 3.79. The minimum Gasteiger partial charge on any atom is -0.493 e. The highest BCUT2D eigenvalue weighted by Gasteiger charge is 2.18. The van der Waals surface area contributed by atoms with Crippen LogP contribution in [0.25, 0.3) is 0 Å². The lowest BCUT2D eigenvalue weighted by molar-refractivity contribution is 0.414. The summed E-state index contributed by atoms with van der Waals surface area (Å²) in [6, 6.07) is 9.69. The van der Waals surface area contributed by atoms with Crippen molar-refractivity contribution in [2.75, 3.05) is 11.8 Å². The van der Waals surface area contributed by atoms with E-state index in [9.17, 15) is 8.42 Å². The molecule has 0 heterocycles. The number of nitrogens with one attached hydrogen (secondary N) is 1. The van der Waals surface area contributed by atoms with Gasteiger partial charge in [0.2, 0.25) is 0 Å². The van der Waals surface area contributed by atoms with Crippen LogP contribution in [-0.2, 0) is 10.0 Å². The number of sulfonamides is 1. The Balaban J connectivity index is 2.43. The summed E-state index contributed by atoms with van der Waals surface area (Å²) in [6.07, 6.45) is 0. The van der Waals surface area contributed by atoms with Crippen molar-refractivity contribution in [3.8, 4) is 5.75 Å². The smallest absolute Gasteiger partial charge is 0.262 e. The SMILES string of the molecule is COc1c(Br)cc(Cl)cc1NS(=O)(=O)c1ccc(C)cc1. The van der Waals surface area contributed by atoms with E-state index in [4.69, 9.17) is 16.3 Å². The molecule has 0 saturated heterocycles. The molecule has 2 aromatic carbocycles. The molecule has 0 aliphatic heterocycles. The number of halogens is 2. The first-order valence-corrected chi connectivity index (χ1v) is 8.61. The summed E-state index contributed by atoms with van der Waals surface area (Å²) < 4.78 is 33.0. The lowest BCUT2D eigenvalue weighted by Crippen LogP contribution is -2.13. The van der Waals surface area contributed by atoms with Gasteiger partial charge in [-0.25, -0.2) is 8.42 Å². The molecule has 0 amide bonds. The summed E-state index contributed by atoms with van der Waals surface area (Å²) >= 11 is 9.24. The summed E-state index contributed by atoms with van der Waals surface area (Å²) in [5.41, 5.74) is 1.26. The molecule has 21 heavy (non-hydrogen) atoms. The molecule has 0 aliphatic carbocycles. The summed E-state index contributed by atoms with van der Waals surface area (Å²) in [4.78, 5) is 0.172. The van der Waals surface area contributed by atoms with Gasteiger partial charge in [0.1, 0.15) is 0 Å². The van der Waals surface area contributed by atoms with Gasteiger partial charge in [-0.05, 0) is 47.1 Å². The Bertz CT molecular complexity index is 761. The zero-order valence-corrected chi connectivity index (χ0v) is 14.5. The number of methoxy groups -OCH3 is 1. The zero-order chi connectivity index (χ0) is 15.6. The number of aryl methyl sites for hydroxylation is 1. The molecular formula is C14H13BrClNO3S. The van der Waals surface area contributed by atoms with Crippen LogP contribution in [0.1, 0.15) is 5.56 Å². The molecule has 0 aromatic heterocycles. The molecule has 0 bridgehead atoms. The normalized spacial score (nSPS) is 11.2. The Kier molecular flexibility index (Phi) is 4.81. The Morgan fingerprint density at radius 2 is 1.81 bits per heavy atom. The molecule has 0 unspecified atom stereocenters. The number of rotatable bonds is 4. The third-order valence-corrected chi connectivity index (χ3v) is 4.98. The van der Waals surface area contributed by atoms with Crippen molar-refractivity contribution in [3.05, 3.63) is 51.5 Å². The van der Waals surface area contributed by atoms with Crippen molar-refractivity contribution >= 4 is 43.2 Å². The lowest BCUT2D eigenvalue weighted by Gasteiger charge is -2.14. The van der Waals surface area contributed by atoms with Gasteiger partial charge >= 0.3 is 0 Å². The lowest BCUT2D eigenvalue weighted by atomic mass is 10.2. The summed E-state index contributed by atoms with van der Waals surface area (Å²) in [5, 5.41) is 0.393. The second-order valence-corrected chi connectivity index (χ2v) is 7.36. The minimum absolute atomic E-state index is 0.172. The van der Waals surface area contributed by atoms with Gasteiger partial charge in [0.15, 0.2) is 5.75 Å². The monoisotopic (exact) mass is 389 g/mol. The van der Waals surface area contributed by atoms with Gasteiger partial charge in [0.25, 0.3) is 10.0 Å². The maximum Gasteiger partial charge on any atom is 0.262 e. The van der Waals surface area contributed by atoms with Gasteiger partial charge in [0, 0.05) is 5.02 Å². The molecule has 112 valence electrons. The Morgan fingerprint density at radius 1 is 1.19 bits per heavy atom. The molecule has 4 nitrogen and oxygen atoms in total. The topological polar surface area (TPSA) is 55.4 Å². The van der Waals surface area contributed by atoms with E-state index in [1.165, 1.54) is 13.2 Å². The second-order valence-electron chi connectivity index (χ2n) is 4.39. The minimum atomic E-state index is -3.71. The van der Waals surface area contributed by atoms with Gasteiger partial charge in [0.05, 0.1) is 22.2 Å². The van der Waals surface area contributed by atoms with Crippen molar-refractivity contribution < 1.29 is 13.2 Å². The van der Waals surface area contributed by atoms with Crippen LogP contribution in [0, 0.1) is 6.92 Å². The largest absolute Gasteiger partial charge is 0.493 e. The van der Waals surface area contributed by atoms with Gasteiger partial charge < -0.3 is 4.74 Å². The highest BCUT2D eigenvalue weighted by Crippen LogP contribution is 2.37. The molecule has 0 spiro atoms. The first-order valence-electron chi connectivity index (χ1n) is 5.96. The third kappa shape index (κ3) is 3.70. The van der Waals surface area contributed by atoms with E-state index in [2.05, 4.69) is 20.7 Å². The standard InChI is InChI=1S/C14H13BrClNO3S/c1-9-3-5-11(6-4-9)21(18,19)17-13-8-10(16)7-12(15)14(13)20-2/h3-8,17H,1-2H3. The number of hydrogen-bond acceptors (Lipinski definition) is 3. The first kappa shape index (κ1) is 16.1. The first-order chi connectivity index (χ1) is 9.83. The fourth-order valence-electron chi connectivity index (χ4n) is 1.76. The Hall–Kier alpha value is -1.24. The van der Waals surface area contributed by atoms with Crippen molar-refractivity contribution in [2.24, 2.45) is 0 Å². The molecule has 0 radical (unpaired) electrons. The summed E-state index contributed by atoms with van der Waals surface area (Å²) in [7, 11) is -2.25. The Morgan fingerprint density at radius 3 is 2.38 bits per heavy atom. The molecular weight excluding hydrogens is 378 g/mol. The maximum absolute atomic E-state index is 12.4. The second kappa shape index (κ2) is 6.25. The average Bonchev–Trinajstić information content (AvgIpc) is 2.38. The van der Waals surface area contributed by atoms with E-state index in [-0.39, 0.29) is 10.6 Å². The van der Waals surface area contributed by atoms with Gasteiger partial charge in [-0.2, -0.15) is 0 Å². The van der Waals surface area contributed by atoms with Crippen LogP contribution in [0.5, 0.6) is 5.75 Å². The van der Waals surface area contributed by atoms with Crippen LogP contribution < -0.4 is 9.46 Å². The number of ether oxygens (including phenoxy) is 1. The predicted octanol–water partition coefficient (Wildman–Crippen LogP) is 4.22. The van der Waals surface area contributed by atoms with Crippen LogP contribution in [0.2, 0.25) is 5.02 Å². The van der Waals surface area contributed by atoms with Crippen molar-refractivity contribution in [1.29, 1.82) is 0 Å². The molecule has 0 fully saturated rings. The average molecular weight is 391 g/mol. The van der Waals surface area contributed by atoms with Crippen molar-refractivity contribution in [3.63, 3.8) is 0 Å². The molecule has 0 aliphatic rings. The molecule has 0 saturated carbocycles. The van der Waals surface area contributed by atoms with Crippen LogP contribution in [0.3, 0.4) is 0 Å². The van der Waals surface area contributed by atoms with E-state index in [1.54, 1.807) is 30.3 Å². The predicted molar refractivity (Wildman–Crippen MR) is 87.7 cm³/mol. The van der Waals surface area contributed by atoms with Crippen molar-refractivity contribution in [2.45, 2.75) is 11.8 Å². The van der Waals surface area contributed by atoms with E-state index >= 15 is 0 Å². The fraction of sp³-hybridized carbons (Fsp3) is 0.143. The highest BCUT2D eigenvalue weighted by atomic mass is 79.9. The van der Waals surface area contributed by atoms with Crippen molar-refractivity contribution in [1.82, 2.24) is 0 Å². The third-order valence-electron chi connectivity index (χ3n) is 2.79. The van der Waals surface area contributed by atoms with E-state index in [0.29, 0.717) is 15.2 Å². The van der Waals surface area contributed by atoms with Crippen LogP contribution in [-0.4, -0.2) is 15.5 Å². The maximum atomic E-state index is 12.4. The highest BCUT2D eigenvalue weighted by molar-refractivity contribution is 9.10. The van der Waals surface area contributed by atoms with Gasteiger partial charge in [-0.3, -0.25) is 4.72 Å². The number of benzene rings is 2. The molecule has 0 atom stereocenters. The molecule has 1 N–H and O–H groups in total. The van der Waals surface area contributed by atoms with Gasteiger partial charge in [-0.1, -0.05) is 29.3 Å². The zero-order valence-electron chi connectivity index (χ0n) is 11.4.